The number of pyridine rings is 1. The number of anilines is 1. The van der Waals surface area contributed by atoms with Gasteiger partial charge in [0.15, 0.2) is 0 Å². The number of rotatable bonds is 7. The zero-order chi connectivity index (χ0) is 22.5. The van der Waals surface area contributed by atoms with Crippen molar-refractivity contribution in [3.05, 3.63) is 64.5 Å². The molecule has 1 fully saturated rings. The number of nitrogens with one attached hydrogen (secondary N) is 1. The summed E-state index contributed by atoms with van der Waals surface area (Å²) < 4.78 is 5.67. The van der Waals surface area contributed by atoms with E-state index in [0.717, 1.165) is 53.0 Å². The summed E-state index contributed by atoms with van der Waals surface area (Å²) in [6.07, 6.45) is 5.90. The van der Waals surface area contributed by atoms with Crippen molar-refractivity contribution >= 4 is 47.9 Å². The molecule has 0 radical (unpaired) electrons. The summed E-state index contributed by atoms with van der Waals surface area (Å²) in [7, 11) is 3.69. The number of carbonyl (C=O) groups excluding carboxylic acids is 1. The van der Waals surface area contributed by atoms with Crippen LogP contribution in [-0.2, 0) is 6.54 Å². The molecule has 1 aromatic carbocycles. The number of thiophene rings is 1. The van der Waals surface area contributed by atoms with Crippen LogP contribution in [0.3, 0.4) is 0 Å². The predicted molar refractivity (Wildman–Crippen MR) is 144 cm³/mol. The minimum absolute atomic E-state index is 0. The highest BCUT2D eigenvalue weighted by atomic mass is 35.5. The molecule has 3 N–H and O–H groups in total. The molecular weight excluding hydrogens is 491 g/mol. The van der Waals surface area contributed by atoms with E-state index in [1.807, 2.05) is 47.7 Å². The molecule has 2 aromatic heterocycles. The number of amides is 1. The molecule has 0 saturated heterocycles. The molecule has 6 nitrogen and oxygen atoms in total. The van der Waals surface area contributed by atoms with Crippen LogP contribution in [0, 0.1) is 0 Å². The van der Waals surface area contributed by atoms with E-state index in [4.69, 9.17) is 10.5 Å². The first-order valence-corrected chi connectivity index (χ1v) is 11.9. The maximum atomic E-state index is 13.5. The molecule has 2 heterocycles. The number of benzene rings is 1. The lowest BCUT2D eigenvalue weighted by Gasteiger charge is -2.37. The molecule has 0 aliphatic heterocycles. The molecule has 1 amide bonds. The van der Waals surface area contributed by atoms with Crippen molar-refractivity contribution in [3.8, 4) is 16.9 Å². The minimum atomic E-state index is 0. The van der Waals surface area contributed by atoms with E-state index >= 15 is 0 Å². The fourth-order valence-corrected chi connectivity index (χ4v) is 5.10. The van der Waals surface area contributed by atoms with Gasteiger partial charge in [-0.2, -0.15) is 0 Å². The van der Waals surface area contributed by atoms with E-state index in [1.54, 1.807) is 19.4 Å². The average molecular weight is 524 g/mol. The Bertz CT molecular complexity index is 1040. The Labute approximate surface area is 217 Å². The number of ether oxygens (including phenoxy) is 1. The van der Waals surface area contributed by atoms with E-state index in [0.29, 0.717) is 18.4 Å². The van der Waals surface area contributed by atoms with Crippen LogP contribution in [-0.4, -0.2) is 42.0 Å². The van der Waals surface area contributed by atoms with Crippen molar-refractivity contribution in [1.29, 1.82) is 0 Å². The van der Waals surface area contributed by atoms with Gasteiger partial charge in [0.1, 0.15) is 11.6 Å². The lowest BCUT2D eigenvalue weighted by molar-refractivity contribution is 0.0604. The highest BCUT2D eigenvalue weighted by Crippen LogP contribution is 2.32. The van der Waals surface area contributed by atoms with E-state index in [1.165, 1.54) is 11.3 Å². The Morgan fingerprint density at radius 1 is 1.15 bits per heavy atom. The van der Waals surface area contributed by atoms with E-state index in [-0.39, 0.29) is 36.8 Å². The second kappa shape index (κ2) is 13.0. The van der Waals surface area contributed by atoms with E-state index in [9.17, 15) is 4.79 Å². The molecule has 34 heavy (non-hydrogen) atoms. The van der Waals surface area contributed by atoms with Gasteiger partial charge >= 0.3 is 0 Å². The molecular formula is C25H32Cl2N4O2S. The average Bonchev–Trinajstić information content (AvgIpc) is 3.38. The van der Waals surface area contributed by atoms with Crippen LogP contribution < -0.4 is 15.8 Å². The molecule has 0 atom stereocenters. The molecule has 9 heteroatoms. The first kappa shape index (κ1) is 27.9. The first-order valence-electron chi connectivity index (χ1n) is 11.0. The molecule has 4 rings (SSSR count). The number of carbonyl (C=O) groups is 1. The van der Waals surface area contributed by atoms with Gasteiger partial charge < -0.3 is 20.7 Å². The summed E-state index contributed by atoms with van der Waals surface area (Å²) >= 11 is 1.50. The molecule has 1 aliphatic rings. The number of nitrogens with two attached hydrogens (primary N) is 1. The summed E-state index contributed by atoms with van der Waals surface area (Å²) in [6.45, 7) is 0.505. The molecule has 0 unspecified atom stereocenters. The van der Waals surface area contributed by atoms with E-state index in [2.05, 4.69) is 16.4 Å². The van der Waals surface area contributed by atoms with Crippen molar-refractivity contribution < 1.29 is 9.53 Å². The van der Waals surface area contributed by atoms with Crippen LogP contribution in [0.15, 0.2) is 54.0 Å². The highest BCUT2D eigenvalue weighted by Gasteiger charge is 2.30. The number of hydrogen-bond acceptors (Lipinski definition) is 6. The summed E-state index contributed by atoms with van der Waals surface area (Å²) in [4.78, 5) is 20.5. The number of halogens is 2. The Morgan fingerprint density at radius 3 is 2.47 bits per heavy atom. The SMILES string of the molecule is CNC1CCC(N(Cc2cc(-c3ccc(N)nc3)ccc2OC)C(=O)c2cccs2)CC1.Cl.Cl. The summed E-state index contributed by atoms with van der Waals surface area (Å²) in [5.74, 6) is 1.37. The fourth-order valence-electron chi connectivity index (χ4n) is 4.43. The molecule has 0 spiro atoms. The third-order valence-electron chi connectivity index (χ3n) is 6.28. The van der Waals surface area contributed by atoms with Gasteiger partial charge in [-0.15, -0.1) is 36.2 Å². The quantitative estimate of drug-likeness (QED) is 0.433. The lowest BCUT2D eigenvalue weighted by atomic mass is 9.89. The van der Waals surface area contributed by atoms with Crippen LogP contribution in [0.1, 0.15) is 40.9 Å². The van der Waals surface area contributed by atoms with Gasteiger partial charge in [-0.3, -0.25) is 4.79 Å². The van der Waals surface area contributed by atoms with Gasteiger partial charge in [-0.1, -0.05) is 12.1 Å². The predicted octanol–water partition coefficient (Wildman–Crippen LogP) is 5.42. The summed E-state index contributed by atoms with van der Waals surface area (Å²) in [5.41, 5.74) is 8.74. The van der Waals surface area contributed by atoms with Crippen LogP contribution in [0.5, 0.6) is 5.75 Å². The van der Waals surface area contributed by atoms with E-state index < -0.39 is 0 Å². The second-order valence-corrected chi connectivity index (χ2v) is 9.15. The van der Waals surface area contributed by atoms with Crippen LogP contribution in [0.4, 0.5) is 5.82 Å². The summed E-state index contributed by atoms with van der Waals surface area (Å²) in [5, 5.41) is 5.34. The maximum Gasteiger partial charge on any atom is 0.264 e. The van der Waals surface area contributed by atoms with Crippen LogP contribution in [0.25, 0.3) is 11.1 Å². The Balaban J connectivity index is 0.00000204. The minimum Gasteiger partial charge on any atom is -0.496 e. The molecule has 3 aromatic rings. The van der Waals surface area contributed by atoms with Gasteiger partial charge in [0.05, 0.1) is 12.0 Å². The largest absolute Gasteiger partial charge is 0.496 e. The Morgan fingerprint density at radius 2 is 1.88 bits per heavy atom. The van der Waals surface area contributed by atoms with Crippen molar-refractivity contribution in [2.75, 3.05) is 19.9 Å². The van der Waals surface area contributed by atoms with Crippen LogP contribution >= 0.6 is 36.2 Å². The van der Waals surface area contributed by atoms with Crippen LogP contribution in [0.2, 0.25) is 0 Å². The third-order valence-corrected chi connectivity index (χ3v) is 7.14. The number of aromatic nitrogens is 1. The normalized spacial score (nSPS) is 17.2. The maximum absolute atomic E-state index is 13.5. The molecule has 1 aliphatic carbocycles. The fraction of sp³-hybridized carbons (Fsp3) is 0.360. The monoisotopic (exact) mass is 522 g/mol. The van der Waals surface area contributed by atoms with Gasteiger partial charge in [0.2, 0.25) is 0 Å². The first-order chi connectivity index (χ1) is 15.6. The van der Waals surface area contributed by atoms with Crippen molar-refractivity contribution in [2.45, 2.75) is 44.3 Å². The Hall–Kier alpha value is -2.32. The molecule has 0 bridgehead atoms. The smallest absolute Gasteiger partial charge is 0.264 e. The highest BCUT2D eigenvalue weighted by molar-refractivity contribution is 7.12. The number of nitrogen functional groups attached to an aromatic ring is 1. The van der Waals surface area contributed by atoms with Crippen molar-refractivity contribution in [1.82, 2.24) is 15.2 Å². The third kappa shape index (κ3) is 6.42. The Kier molecular flexibility index (Phi) is 10.6. The number of methoxy groups -OCH3 is 1. The van der Waals surface area contributed by atoms with Crippen molar-refractivity contribution in [3.63, 3.8) is 0 Å². The second-order valence-electron chi connectivity index (χ2n) is 8.20. The zero-order valence-electron chi connectivity index (χ0n) is 19.4. The number of nitrogens with zero attached hydrogens (tertiary/aromatic N) is 2. The van der Waals surface area contributed by atoms with Gasteiger partial charge in [-0.25, -0.2) is 4.98 Å². The van der Waals surface area contributed by atoms with Gasteiger partial charge in [-0.05, 0) is 74.0 Å². The van der Waals surface area contributed by atoms with Crippen molar-refractivity contribution in [2.24, 2.45) is 0 Å². The zero-order valence-corrected chi connectivity index (χ0v) is 21.8. The standard InChI is InChI=1S/C25H30N4O2S.2ClH/c1-27-20-7-9-21(10-8-20)29(25(30)23-4-3-13-32-23)16-19-14-17(5-11-22(19)31-2)18-6-12-24(26)28-15-18;;/h3-6,11-15,20-21,27H,7-10,16H2,1-2H3,(H2,26,28);2*1H. The molecule has 184 valence electrons. The summed E-state index contributed by atoms with van der Waals surface area (Å²) in [6, 6.07) is 14.4. The lowest BCUT2D eigenvalue weighted by Crippen LogP contribution is -2.44. The molecule has 1 saturated carbocycles. The van der Waals surface area contributed by atoms with Gasteiger partial charge in [0, 0.05) is 36.0 Å². The number of hydrogen-bond donors (Lipinski definition) is 2. The topological polar surface area (TPSA) is 80.5 Å². The van der Waals surface area contributed by atoms with Gasteiger partial charge in [0.25, 0.3) is 5.91 Å².